The van der Waals surface area contributed by atoms with Crippen LogP contribution in [0.5, 0.6) is 11.5 Å². The van der Waals surface area contributed by atoms with Crippen molar-refractivity contribution in [3.05, 3.63) is 42.2 Å². The first-order chi connectivity index (χ1) is 16.4. The summed E-state index contributed by atoms with van der Waals surface area (Å²) >= 11 is 1.57. The van der Waals surface area contributed by atoms with E-state index in [1.165, 1.54) is 0 Å². The molecule has 0 bridgehead atoms. The van der Waals surface area contributed by atoms with Gasteiger partial charge in [-0.3, -0.25) is 9.78 Å². The van der Waals surface area contributed by atoms with E-state index in [-0.39, 0.29) is 18.0 Å². The number of fused-ring (bicyclic) bond motifs is 1. The standard InChI is InChI=1S/C24H30N6O3S/c1-15(2)28-24(32)30-10-4-5-16(14-30)13-27-23-29-19-7-6-17(12-21(19)34-23)33-18-8-9-26-20(11-18)22(31)25-3/h6-9,11-12,15-16H,4-5,10,13-14H2,1-3H3,(H,25,31)(H,27,29)(H,28,32). The first-order valence-corrected chi connectivity index (χ1v) is 12.3. The molecule has 0 radical (unpaired) electrons. The molecule has 9 nitrogen and oxygen atoms in total. The van der Waals surface area contributed by atoms with E-state index in [4.69, 9.17) is 4.74 Å². The van der Waals surface area contributed by atoms with Crippen LogP contribution in [0, 0.1) is 5.92 Å². The van der Waals surface area contributed by atoms with Gasteiger partial charge in [-0.2, -0.15) is 0 Å². The number of hydrogen-bond acceptors (Lipinski definition) is 7. The van der Waals surface area contributed by atoms with Crippen LogP contribution < -0.4 is 20.7 Å². The van der Waals surface area contributed by atoms with Crippen LogP contribution in [0.1, 0.15) is 37.2 Å². The summed E-state index contributed by atoms with van der Waals surface area (Å²) in [5.74, 6) is 1.33. The summed E-state index contributed by atoms with van der Waals surface area (Å²) in [6.07, 6.45) is 3.65. The predicted octanol–water partition coefficient (Wildman–Crippen LogP) is 4.09. The summed E-state index contributed by atoms with van der Waals surface area (Å²) in [5.41, 5.74) is 1.19. The predicted molar refractivity (Wildman–Crippen MR) is 134 cm³/mol. The van der Waals surface area contributed by atoms with E-state index in [1.807, 2.05) is 36.9 Å². The number of urea groups is 1. The van der Waals surface area contributed by atoms with Crippen LogP contribution in [0.25, 0.3) is 10.2 Å². The fourth-order valence-electron chi connectivity index (χ4n) is 3.89. The Morgan fingerprint density at radius 3 is 2.85 bits per heavy atom. The molecule has 0 aliphatic carbocycles. The van der Waals surface area contributed by atoms with Gasteiger partial charge in [-0.15, -0.1) is 0 Å². The lowest BCUT2D eigenvalue weighted by atomic mass is 9.98. The van der Waals surface area contributed by atoms with E-state index in [0.29, 0.717) is 23.1 Å². The maximum absolute atomic E-state index is 12.3. The molecular weight excluding hydrogens is 452 g/mol. The minimum atomic E-state index is -0.263. The average molecular weight is 483 g/mol. The summed E-state index contributed by atoms with van der Waals surface area (Å²) in [6.45, 7) is 6.28. The molecule has 1 aliphatic heterocycles. The lowest BCUT2D eigenvalue weighted by Crippen LogP contribution is -2.48. The summed E-state index contributed by atoms with van der Waals surface area (Å²) in [6, 6.07) is 9.20. The molecule has 1 atom stereocenters. The first-order valence-electron chi connectivity index (χ1n) is 11.5. The molecule has 34 heavy (non-hydrogen) atoms. The van der Waals surface area contributed by atoms with Crippen LogP contribution in [-0.4, -0.2) is 59.5 Å². The van der Waals surface area contributed by atoms with Gasteiger partial charge < -0.3 is 25.6 Å². The highest BCUT2D eigenvalue weighted by molar-refractivity contribution is 7.22. The van der Waals surface area contributed by atoms with Crippen molar-refractivity contribution in [2.75, 3.05) is 32.0 Å². The fourth-order valence-corrected chi connectivity index (χ4v) is 4.79. The van der Waals surface area contributed by atoms with Crippen LogP contribution in [0.3, 0.4) is 0 Å². The molecule has 1 aromatic carbocycles. The monoisotopic (exact) mass is 482 g/mol. The Morgan fingerprint density at radius 2 is 2.06 bits per heavy atom. The van der Waals surface area contributed by atoms with E-state index in [2.05, 4.69) is 25.9 Å². The van der Waals surface area contributed by atoms with Crippen LogP contribution in [-0.2, 0) is 0 Å². The highest BCUT2D eigenvalue weighted by Crippen LogP contribution is 2.31. The van der Waals surface area contributed by atoms with Crippen molar-refractivity contribution in [3.8, 4) is 11.5 Å². The van der Waals surface area contributed by atoms with Crippen molar-refractivity contribution in [3.63, 3.8) is 0 Å². The Hall–Kier alpha value is -3.40. The lowest BCUT2D eigenvalue weighted by Gasteiger charge is -2.33. The zero-order valence-corrected chi connectivity index (χ0v) is 20.4. The second-order valence-corrected chi connectivity index (χ2v) is 9.68. The van der Waals surface area contributed by atoms with E-state index >= 15 is 0 Å². The van der Waals surface area contributed by atoms with Gasteiger partial charge in [0.15, 0.2) is 5.13 Å². The molecule has 3 amide bonds. The number of carbonyl (C=O) groups is 2. The van der Waals surface area contributed by atoms with Crippen molar-refractivity contribution in [2.45, 2.75) is 32.7 Å². The Bertz CT molecular complexity index is 1160. The molecule has 10 heteroatoms. The van der Waals surface area contributed by atoms with Crippen molar-refractivity contribution in [2.24, 2.45) is 5.92 Å². The lowest BCUT2D eigenvalue weighted by molar-refractivity contribution is 0.0957. The maximum atomic E-state index is 12.3. The quantitative estimate of drug-likeness (QED) is 0.468. The van der Waals surface area contributed by atoms with E-state index in [1.54, 1.807) is 36.7 Å². The number of hydrogen-bond donors (Lipinski definition) is 3. The van der Waals surface area contributed by atoms with E-state index < -0.39 is 0 Å². The fraction of sp³-hybridized carbons (Fsp3) is 0.417. The number of likely N-dealkylation sites (tertiary alicyclic amines) is 1. The number of nitrogens with one attached hydrogen (secondary N) is 3. The van der Waals surface area contributed by atoms with Crippen molar-refractivity contribution < 1.29 is 14.3 Å². The van der Waals surface area contributed by atoms with Crippen molar-refractivity contribution in [1.29, 1.82) is 0 Å². The molecule has 3 N–H and O–H groups in total. The number of rotatable bonds is 7. The number of aromatic nitrogens is 2. The maximum Gasteiger partial charge on any atom is 0.317 e. The summed E-state index contributed by atoms with van der Waals surface area (Å²) in [7, 11) is 1.56. The number of amides is 3. The third kappa shape index (κ3) is 5.93. The highest BCUT2D eigenvalue weighted by Gasteiger charge is 2.24. The van der Waals surface area contributed by atoms with Crippen LogP contribution in [0.2, 0.25) is 0 Å². The summed E-state index contributed by atoms with van der Waals surface area (Å²) < 4.78 is 6.94. The molecule has 3 aromatic rings. The van der Waals surface area contributed by atoms with Gasteiger partial charge in [0.2, 0.25) is 0 Å². The largest absolute Gasteiger partial charge is 0.457 e. The highest BCUT2D eigenvalue weighted by atomic mass is 32.1. The minimum absolute atomic E-state index is 0.0175. The molecular formula is C24H30N6O3S. The molecule has 180 valence electrons. The van der Waals surface area contributed by atoms with Crippen LogP contribution >= 0.6 is 11.3 Å². The zero-order chi connectivity index (χ0) is 24.1. The van der Waals surface area contributed by atoms with Gasteiger partial charge in [0, 0.05) is 51.1 Å². The second-order valence-electron chi connectivity index (χ2n) is 8.65. The molecule has 1 aliphatic rings. The normalized spacial score (nSPS) is 15.9. The smallest absolute Gasteiger partial charge is 0.317 e. The third-order valence-corrected chi connectivity index (χ3v) is 6.52. The number of benzene rings is 1. The number of carbonyl (C=O) groups excluding carboxylic acids is 2. The SMILES string of the molecule is CNC(=O)c1cc(Oc2ccc3nc(NCC4CCCN(C(=O)NC(C)C)C4)sc3c2)ccn1. The molecule has 2 aromatic heterocycles. The number of thiazole rings is 1. The number of anilines is 1. The Labute approximate surface area is 202 Å². The summed E-state index contributed by atoms with van der Waals surface area (Å²) in [4.78, 5) is 34.8. The number of pyridine rings is 1. The molecule has 0 saturated carbocycles. The third-order valence-electron chi connectivity index (χ3n) is 5.55. The Morgan fingerprint density at radius 1 is 1.24 bits per heavy atom. The van der Waals surface area contributed by atoms with Crippen molar-refractivity contribution >= 4 is 38.6 Å². The van der Waals surface area contributed by atoms with Gasteiger partial charge in [-0.25, -0.2) is 9.78 Å². The van der Waals surface area contributed by atoms with E-state index in [0.717, 1.165) is 47.8 Å². The van der Waals surface area contributed by atoms with Gasteiger partial charge in [-0.1, -0.05) is 11.3 Å². The Kier molecular flexibility index (Phi) is 7.46. The number of piperidine rings is 1. The van der Waals surface area contributed by atoms with Crippen LogP contribution in [0.4, 0.5) is 9.93 Å². The van der Waals surface area contributed by atoms with Gasteiger partial charge in [-0.05, 0) is 50.8 Å². The Balaban J connectivity index is 1.37. The molecule has 0 spiro atoms. The summed E-state index contributed by atoms with van der Waals surface area (Å²) in [5, 5.41) is 9.84. The van der Waals surface area contributed by atoms with Gasteiger partial charge in [0.05, 0.1) is 10.2 Å². The van der Waals surface area contributed by atoms with Gasteiger partial charge >= 0.3 is 6.03 Å². The van der Waals surface area contributed by atoms with Gasteiger partial charge in [0.1, 0.15) is 17.2 Å². The minimum Gasteiger partial charge on any atom is -0.457 e. The number of nitrogens with zero attached hydrogens (tertiary/aromatic N) is 3. The number of ether oxygens (including phenoxy) is 1. The van der Waals surface area contributed by atoms with Gasteiger partial charge in [0.25, 0.3) is 5.91 Å². The molecule has 4 rings (SSSR count). The second kappa shape index (κ2) is 10.7. The molecule has 1 saturated heterocycles. The molecule has 1 unspecified atom stereocenters. The average Bonchev–Trinajstić information content (AvgIpc) is 3.24. The first kappa shape index (κ1) is 23.7. The zero-order valence-electron chi connectivity index (χ0n) is 19.6. The van der Waals surface area contributed by atoms with E-state index in [9.17, 15) is 9.59 Å². The molecule has 1 fully saturated rings. The van der Waals surface area contributed by atoms with Crippen LogP contribution in [0.15, 0.2) is 36.5 Å². The topological polar surface area (TPSA) is 108 Å². The van der Waals surface area contributed by atoms with Crippen molar-refractivity contribution in [1.82, 2.24) is 25.5 Å². The molecule has 3 heterocycles.